The Kier molecular flexibility index (Phi) is 4.71. The van der Waals surface area contributed by atoms with Crippen LogP contribution in [0.4, 0.5) is 10.1 Å². The molecular weight excluding hydrogens is 259 g/mol. The molecule has 1 aliphatic rings. The van der Waals surface area contributed by atoms with E-state index in [-0.39, 0.29) is 30.0 Å². The molecule has 0 aliphatic carbocycles. The molecule has 1 aromatic rings. The highest BCUT2D eigenvalue weighted by Gasteiger charge is 2.34. The molecule has 1 aromatic carbocycles. The second-order valence-electron chi connectivity index (χ2n) is 5.03. The molecule has 1 atom stereocenters. The van der Waals surface area contributed by atoms with Crippen molar-refractivity contribution in [2.24, 2.45) is 5.92 Å². The Morgan fingerprint density at radius 2 is 2.10 bits per heavy atom. The quantitative estimate of drug-likeness (QED) is 0.838. The summed E-state index contributed by atoms with van der Waals surface area (Å²) in [7, 11) is 0. The predicted molar refractivity (Wildman–Crippen MR) is 74.8 cm³/mol. The normalized spacial score (nSPS) is 18.4. The minimum absolute atomic E-state index is 0.0728. The molecule has 0 aromatic heterocycles. The first-order chi connectivity index (χ1) is 9.61. The molecule has 1 aliphatic heterocycles. The fourth-order valence-electron chi connectivity index (χ4n) is 2.29. The number of nitrogens with one attached hydrogen (secondary N) is 1. The molecule has 1 heterocycles. The number of carbonyl (C=O) groups is 2. The first-order valence-corrected chi connectivity index (χ1v) is 6.95. The summed E-state index contributed by atoms with van der Waals surface area (Å²) in [5, 5.41) is 2.85. The molecule has 4 nitrogen and oxygen atoms in total. The van der Waals surface area contributed by atoms with Gasteiger partial charge in [-0.2, -0.15) is 0 Å². The van der Waals surface area contributed by atoms with Crippen LogP contribution in [0.2, 0.25) is 0 Å². The Labute approximate surface area is 118 Å². The Balaban J connectivity index is 1.96. The SMILES string of the molecule is CCCCNC(=O)C1CC(=O)N(c2ccc(F)cc2)C1. The lowest BCUT2D eigenvalue weighted by Crippen LogP contribution is -2.33. The number of hydrogen-bond donors (Lipinski definition) is 1. The standard InChI is InChI=1S/C15H19FN2O2/c1-2-3-8-17-15(20)11-9-14(19)18(10-11)13-6-4-12(16)5-7-13/h4-7,11H,2-3,8-10H2,1H3,(H,17,20). The highest BCUT2D eigenvalue weighted by molar-refractivity contribution is 6.00. The molecule has 1 saturated heterocycles. The lowest BCUT2D eigenvalue weighted by molar-refractivity contribution is -0.126. The predicted octanol–water partition coefficient (Wildman–Crippen LogP) is 2.09. The van der Waals surface area contributed by atoms with Gasteiger partial charge in [0.2, 0.25) is 11.8 Å². The van der Waals surface area contributed by atoms with Crippen LogP contribution in [0.25, 0.3) is 0 Å². The number of rotatable bonds is 5. The van der Waals surface area contributed by atoms with Gasteiger partial charge >= 0.3 is 0 Å². The summed E-state index contributed by atoms with van der Waals surface area (Å²) in [4.78, 5) is 25.4. The number of benzene rings is 1. The molecule has 20 heavy (non-hydrogen) atoms. The zero-order chi connectivity index (χ0) is 14.5. The van der Waals surface area contributed by atoms with E-state index in [1.54, 1.807) is 17.0 Å². The van der Waals surface area contributed by atoms with Crippen molar-refractivity contribution in [1.29, 1.82) is 0 Å². The molecule has 0 bridgehead atoms. The number of nitrogens with zero attached hydrogens (tertiary/aromatic N) is 1. The summed E-state index contributed by atoms with van der Waals surface area (Å²) >= 11 is 0. The Bertz CT molecular complexity index is 487. The largest absolute Gasteiger partial charge is 0.356 e. The lowest BCUT2D eigenvalue weighted by Gasteiger charge is -2.16. The average Bonchev–Trinajstić information content (AvgIpc) is 2.82. The van der Waals surface area contributed by atoms with E-state index in [1.807, 2.05) is 0 Å². The second kappa shape index (κ2) is 6.50. The van der Waals surface area contributed by atoms with Gasteiger partial charge < -0.3 is 10.2 Å². The van der Waals surface area contributed by atoms with Crippen LogP contribution in [0.15, 0.2) is 24.3 Å². The van der Waals surface area contributed by atoms with E-state index < -0.39 is 0 Å². The summed E-state index contributed by atoms with van der Waals surface area (Å²) in [6.07, 6.45) is 2.18. The Morgan fingerprint density at radius 1 is 1.40 bits per heavy atom. The first-order valence-electron chi connectivity index (χ1n) is 6.95. The minimum atomic E-state index is -0.339. The number of amides is 2. The van der Waals surface area contributed by atoms with Crippen LogP contribution in [0.3, 0.4) is 0 Å². The lowest BCUT2D eigenvalue weighted by atomic mass is 10.1. The van der Waals surface area contributed by atoms with Gasteiger partial charge in [0.15, 0.2) is 0 Å². The average molecular weight is 278 g/mol. The van der Waals surface area contributed by atoms with Crippen LogP contribution in [0, 0.1) is 11.7 Å². The third-order valence-electron chi connectivity index (χ3n) is 3.46. The molecule has 2 rings (SSSR count). The van der Waals surface area contributed by atoms with E-state index in [1.165, 1.54) is 12.1 Å². The van der Waals surface area contributed by atoms with Crippen LogP contribution >= 0.6 is 0 Å². The topological polar surface area (TPSA) is 49.4 Å². The number of anilines is 1. The summed E-state index contributed by atoms with van der Waals surface area (Å²) in [5.74, 6) is -0.817. The molecule has 5 heteroatoms. The van der Waals surface area contributed by atoms with Gasteiger partial charge in [-0.15, -0.1) is 0 Å². The highest BCUT2D eigenvalue weighted by Crippen LogP contribution is 2.25. The van der Waals surface area contributed by atoms with Crippen molar-refractivity contribution in [3.05, 3.63) is 30.1 Å². The van der Waals surface area contributed by atoms with E-state index in [2.05, 4.69) is 12.2 Å². The number of unbranched alkanes of at least 4 members (excludes halogenated alkanes) is 1. The van der Waals surface area contributed by atoms with E-state index in [4.69, 9.17) is 0 Å². The fraction of sp³-hybridized carbons (Fsp3) is 0.467. The molecule has 0 saturated carbocycles. The van der Waals surface area contributed by atoms with Gasteiger partial charge in [0, 0.05) is 25.2 Å². The molecule has 1 fully saturated rings. The van der Waals surface area contributed by atoms with Gasteiger partial charge in [-0.25, -0.2) is 4.39 Å². The van der Waals surface area contributed by atoms with Crippen molar-refractivity contribution >= 4 is 17.5 Å². The maximum absolute atomic E-state index is 12.9. The monoisotopic (exact) mass is 278 g/mol. The van der Waals surface area contributed by atoms with Crippen LogP contribution < -0.4 is 10.2 Å². The number of carbonyl (C=O) groups excluding carboxylic acids is 2. The van der Waals surface area contributed by atoms with Crippen molar-refractivity contribution in [2.75, 3.05) is 18.0 Å². The maximum atomic E-state index is 12.9. The van der Waals surface area contributed by atoms with Gasteiger partial charge in [0.1, 0.15) is 5.82 Å². The van der Waals surface area contributed by atoms with Crippen molar-refractivity contribution in [1.82, 2.24) is 5.32 Å². The third-order valence-corrected chi connectivity index (χ3v) is 3.46. The molecular formula is C15H19FN2O2. The van der Waals surface area contributed by atoms with Gasteiger partial charge in [-0.05, 0) is 30.7 Å². The fourth-order valence-corrected chi connectivity index (χ4v) is 2.29. The van der Waals surface area contributed by atoms with E-state index >= 15 is 0 Å². The minimum Gasteiger partial charge on any atom is -0.356 e. The number of hydrogen-bond acceptors (Lipinski definition) is 2. The molecule has 2 amide bonds. The van der Waals surface area contributed by atoms with Gasteiger partial charge in [-0.1, -0.05) is 13.3 Å². The van der Waals surface area contributed by atoms with Gasteiger partial charge in [0.05, 0.1) is 5.92 Å². The zero-order valence-corrected chi connectivity index (χ0v) is 11.6. The van der Waals surface area contributed by atoms with Gasteiger partial charge in [0.25, 0.3) is 0 Å². The summed E-state index contributed by atoms with van der Waals surface area (Å²) in [6, 6.07) is 5.75. The highest BCUT2D eigenvalue weighted by atomic mass is 19.1. The van der Waals surface area contributed by atoms with Crippen molar-refractivity contribution in [3.8, 4) is 0 Å². The van der Waals surface area contributed by atoms with Crippen molar-refractivity contribution in [2.45, 2.75) is 26.2 Å². The van der Waals surface area contributed by atoms with Gasteiger partial charge in [-0.3, -0.25) is 9.59 Å². The summed E-state index contributed by atoms with van der Waals surface area (Å²) < 4.78 is 12.9. The van der Waals surface area contributed by atoms with Crippen LogP contribution in [-0.2, 0) is 9.59 Å². The third kappa shape index (κ3) is 3.35. The second-order valence-corrected chi connectivity index (χ2v) is 5.03. The maximum Gasteiger partial charge on any atom is 0.227 e. The van der Waals surface area contributed by atoms with E-state index in [0.717, 1.165) is 12.8 Å². The molecule has 0 radical (unpaired) electrons. The van der Waals surface area contributed by atoms with Crippen LogP contribution in [0.1, 0.15) is 26.2 Å². The molecule has 0 spiro atoms. The van der Waals surface area contributed by atoms with E-state index in [0.29, 0.717) is 18.8 Å². The first kappa shape index (κ1) is 14.5. The molecule has 108 valence electrons. The van der Waals surface area contributed by atoms with Crippen molar-refractivity contribution in [3.63, 3.8) is 0 Å². The molecule has 1 N–H and O–H groups in total. The summed E-state index contributed by atoms with van der Waals surface area (Å²) in [6.45, 7) is 3.07. The van der Waals surface area contributed by atoms with Crippen molar-refractivity contribution < 1.29 is 14.0 Å². The summed E-state index contributed by atoms with van der Waals surface area (Å²) in [5.41, 5.74) is 0.639. The smallest absolute Gasteiger partial charge is 0.227 e. The Hall–Kier alpha value is -1.91. The van der Waals surface area contributed by atoms with Crippen LogP contribution in [0.5, 0.6) is 0 Å². The molecule has 1 unspecified atom stereocenters. The Morgan fingerprint density at radius 3 is 2.75 bits per heavy atom. The van der Waals surface area contributed by atoms with Crippen LogP contribution in [-0.4, -0.2) is 24.9 Å². The van der Waals surface area contributed by atoms with E-state index in [9.17, 15) is 14.0 Å². The zero-order valence-electron chi connectivity index (χ0n) is 11.6. The number of halogens is 1.